The molecule has 2 N–H and O–H groups in total. The number of amides is 1. The van der Waals surface area contributed by atoms with E-state index < -0.39 is 0 Å². The predicted octanol–water partition coefficient (Wildman–Crippen LogP) is 3.91. The van der Waals surface area contributed by atoms with Crippen LogP contribution in [0.15, 0.2) is 34.9 Å². The van der Waals surface area contributed by atoms with E-state index in [0.29, 0.717) is 17.5 Å². The third-order valence-electron chi connectivity index (χ3n) is 4.75. The highest BCUT2D eigenvalue weighted by Crippen LogP contribution is 2.23. The summed E-state index contributed by atoms with van der Waals surface area (Å²) in [5, 5.41) is 6.21. The lowest BCUT2D eigenvalue weighted by molar-refractivity contribution is 0.102. The Morgan fingerprint density at radius 3 is 2.88 bits per heavy atom. The molecule has 5 nitrogen and oxygen atoms in total. The van der Waals surface area contributed by atoms with Crippen LogP contribution < -0.4 is 10.6 Å². The van der Waals surface area contributed by atoms with E-state index in [-0.39, 0.29) is 11.8 Å². The lowest BCUT2D eigenvalue weighted by Crippen LogP contribution is -2.28. The zero-order chi connectivity index (χ0) is 16.9. The van der Waals surface area contributed by atoms with Gasteiger partial charge in [-0.1, -0.05) is 26.0 Å². The van der Waals surface area contributed by atoms with E-state index in [4.69, 9.17) is 4.42 Å². The van der Waals surface area contributed by atoms with Gasteiger partial charge in [-0.3, -0.25) is 4.79 Å². The normalized spacial score (nSPS) is 19.0. The molecule has 0 radical (unpaired) electrons. The van der Waals surface area contributed by atoms with E-state index in [0.717, 1.165) is 38.0 Å². The number of carbonyl (C=O) groups excluding carboxylic acids is 1. The van der Waals surface area contributed by atoms with Gasteiger partial charge in [-0.15, -0.1) is 0 Å². The van der Waals surface area contributed by atoms with Crippen LogP contribution in [0.2, 0.25) is 0 Å². The molecule has 128 valence electrons. The van der Waals surface area contributed by atoms with Crippen molar-refractivity contribution in [2.75, 3.05) is 18.4 Å². The summed E-state index contributed by atoms with van der Waals surface area (Å²) in [5.74, 6) is 1.21. The molecular weight excluding hydrogens is 302 g/mol. The number of oxazole rings is 1. The Kier molecular flexibility index (Phi) is 5.30. The number of piperidine rings is 1. The first kappa shape index (κ1) is 16.7. The number of nitrogens with zero attached hydrogens (tertiary/aromatic N) is 1. The first-order valence-corrected chi connectivity index (χ1v) is 8.74. The molecule has 24 heavy (non-hydrogen) atoms. The van der Waals surface area contributed by atoms with Crippen LogP contribution >= 0.6 is 0 Å². The number of hydrogen-bond acceptors (Lipinski definition) is 4. The number of hydrogen-bond donors (Lipinski definition) is 2. The van der Waals surface area contributed by atoms with Crippen LogP contribution in [0, 0.1) is 0 Å². The molecule has 1 aromatic carbocycles. The molecule has 2 unspecified atom stereocenters. The molecule has 1 aromatic heterocycles. The van der Waals surface area contributed by atoms with Gasteiger partial charge >= 0.3 is 0 Å². The fourth-order valence-corrected chi connectivity index (χ4v) is 2.97. The summed E-state index contributed by atoms with van der Waals surface area (Å²) >= 11 is 0. The number of anilines is 1. The van der Waals surface area contributed by atoms with Gasteiger partial charge in [-0.2, -0.15) is 0 Å². The number of nitrogens with one attached hydrogen (secondary N) is 2. The average molecular weight is 327 g/mol. The maximum atomic E-state index is 12.3. The van der Waals surface area contributed by atoms with Gasteiger partial charge in [0, 0.05) is 18.2 Å². The molecule has 0 aliphatic carbocycles. The molecule has 1 aliphatic heterocycles. The lowest BCUT2D eigenvalue weighted by Gasteiger charge is -2.19. The van der Waals surface area contributed by atoms with Crippen LogP contribution in [0.1, 0.15) is 66.9 Å². The van der Waals surface area contributed by atoms with Crippen molar-refractivity contribution in [2.45, 2.75) is 44.9 Å². The van der Waals surface area contributed by atoms with E-state index >= 15 is 0 Å². The highest BCUT2D eigenvalue weighted by Gasteiger charge is 2.22. The molecule has 1 amide bonds. The SMILES string of the molecule is CCC(C)c1ccc(NC(=O)c2coc(C3CCCNC3)n2)cc1. The van der Waals surface area contributed by atoms with Gasteiger partial charge in [0.05, 0.1) is 0 Å². The van der Waals surface area contributed by atoms with Crippen LogP contribution in [0.5, 0.6) is 0 Å². The first-order valence-electron chi connectivity index (χ1n) is 8.74. The molecule has 1 saturated heterocycles. The molecule has 0 bridgehead atoms. The van der Waals surface area contributed by atoms with Gasteiger partial charge in [0.1, 0.15) is 6.26 Å². The lowest BCUT2D eigenvalue weighted by atomic mass is 9.99. The van der Waals surface area contributed by atoms with Crippen molar-refractivity contribution in [2.24, 2.45) is 0 Å². The molecule has 1 aliphatic rings. The zero-order valence-corrected chi connectivity index (χ0v) is 14.3. The highest BCUT2D eigenvalue weighted by molar-refractivity contribution is 6.02. The van der Waals surface area contributed by atoms with Crippen molar-refractivity contribution in [1.29, 1.82) is 0 Å². The average Bonchev–Trinajstić information content (AvgIpc) is 3.13. The monoisotopic (exact) mass is 327 g/mol. The molecule has 2 heterocycles. The van der Waals surface area contributed by atoms with Gasteiger partial charge in [-0.05, 0) is 49.4 Å². The third kappa shape index (κ3) is 3.85. The van der Waals surface area contributed by atoms with Gasteiger partial charge in [0.25, 0.3) is 5.91 Å². The zero-order valence-electron chi connectivity index (χ0n) is 14.3. The Morgan fingerprint density at radius 1 is 1.42 bits per heavy atom. The summed E-state index contributed by atoms with van der Waals surface area (Å²) in [5.41, 5.74) is 2.39. The fraction of sp³-hybridized carbons (Fsp3) is 0.474. The van der Waals surface area contributed by atoms with Crippen LogP contribution in [0.3, 0.4) is 0 Å². The van der Waals surface area contributed by atoms with E-state index in [1.807, 2.05) is 12.1 Å². The van der Waals surface area contributed by atoms with Crippen molar-refractivity contribution in [1.82, 2.24) is 10.3 Å². The van der Waals surface area contributed by atoms with Gasteiger partial charge < -0.3 is 15.1 Å². The minimum atomic E-state index is -0.231. The molecule has 1 fully saturated rings. The van der Waals surface area contributed by atoms with Crippen LogP contribution in [0.25, 0.3) is 0 Å². The molecule has 0 saturated carbocycles. The van der Waals surface area contributed by atoms with Crippen LogP contribution in [-0.4, -0.2) is 24.0 Å². The maximum Gasteiger partial charge on any atom is 0.277 e. The maximum absolute atomic E-state index is 12.3. The van der Waals surface area contributed by atoms with Crippen molar-refractivity contribution in [3.05, 3.63) is 47.7 Å². The number of rotatable bonds is 5. The van der Waals surface area contributed by atoms with E-state index in [1.165, 1.54) is 11.8 Å². The number of aromatic nitrogens is 1. The molecule has 3 rings (SSSR count). The van der Waals surface area contributed by atoms with Gasteiger partial charge in [-0.25, -0.2) is 4.98 Å². The molecule has 5 heteroatoms. The Morgan fingerprint density at radius 2 is 2.21 bits per heavy atom. The Bertz CT molecular complexity index is 672. The second-order valence-electron chi connectivity index (χ2n) is 6.50. The summed E-state index contributed by atoms with van der Waals surface area (Å²) in [7, 11) is 0. The molecular formula is C19H25N3O2. The van der Waals surface area contributed by atoms with Crippen molar-refractivity contribution in [3.8, 4) is 0 Å². The second-order valence-corrected chi connectivity index (χ2v) is 6.50. The summed E-state index contributed by atoms with van der Waals surface area (Å²) in [4.78, 5) is 16.7. The van der Waals surface area contributed by atoms with Crippen molar-refractivity contribution >= 4 is 11.6 Å². The smallest absolute Gasteiger partial charge is 0.277 e. The Balaban J connectivity index is 1.63. The third-order valence-corrected chi connectivity index (χ3v) is 4.75. The van der Waals surface area contributed by atoms with Crippen molar-refractivity contribution < 1.29 is 9.21 Å². The van der Waals surface area contributed by atoms with Crippen LogP contribution in [0.4, 0.5) is 5.69 Å². The van der Waals surface area contributed by atoms with Crippen molar-refractivity contribution in [3.63, 3.8) is 0 Å². The largest absolute Gasteiger partial charge is 0.448 e. The first-order chi connectivity index (χ1) is 11.7. The second kappa shape index (κ2) is 7.62. The Hall–Kier alpha value is -2.14. The quantitative estimate of drug-likeness (QED) is 0.874. The van der Waals surface area contributed by atoms with E-state index in [1.54, 1.807) is 0 Å². The topological polar surface area (TPSA) is 67.2 Å². The number of carbonyl (C=O) groups is 1. The Labute approximate surface area is 142 Å². The summed E-state index contributed by atoms with van der Waals surface area (Å²) in [6, 6.07) is 7.99. The summed E-state index contributed by atoms with van der Waals surface area (Å²) in [6.07, 6.45) is 4.71. The summed E-state index contributed by atoms with van der Waals surface area (Å²) in [6.45, 7) is 6.27. The summed E-state index contributed by atoms with van der Waals surface area (Å²) < 4.78 is 5.52. The van der Waals surface area contributed by atoms with Crippen LogP contribution in [-0.2, 0) is 0 Å². The minimum Gasteiger partial charge on any atom is -0.448 e. The molecule has 2 atom stereocenters. The predicted molar refractivity (Wildman–Crippen MR) is 94.4 cm³/mol. The highest BCUT2D eigenvalue weighted by atomic mass is 16.3. The molecule has 0 spiro atoms. The fourth-order valence-electron chi connectivity index (χ4n) is 2.97. The van der Waals surface area contributed by atoms with E-state index in [9.17, 15) is 4.79 Å². The van der Waals surface area contributed by atoms with Gasteiger partial charge in [0.15, 0.2) is 11.6 Å². The standard InChI is InChI=1S/C19H25N3O2/c1-3-13(2)14-6-8-16(9-7-14)21-18(23)17-12-24-19(22-17)15-5-4-10-20-11-15/h6-9,12-13,15,20H,3-5,10-11H2,1-2H3,(H,21,23). The van der Waals surface area contributed by atoms with Gasteiger partial charge in [0.2, 0.25) is 0 Å². The number of benzene rings is 1. The molecule has 2 aromatic rings. The minimum absolute atomic E-state index is 0.231. The van der Waals surface area contributed by atoms with E-state index in [2.05, 4.69) is 41.6 Å².